The molecule has 32 heavy (non-hydrogen) atoms. The van der Waals surface area contributed by atoms with Gasteiger partial charge in [0.1, 0.15) is 23.7 Å². The van der Waals surface area contributed by atoms with Crippen LogP contribution in [0.5, 0.6) is 0 Å². The molecule has 0 aliphatic heterocycles. The summed E-state index contributed by atoms with van der Waals surface area (Å²) in [7, 11) is 0. The highest BCUT2D eigenvalue weighted by Crippen LogP contribution is 2.69. The number of aliphatic hydroxyl groups excluding tert-OH is 1. The van der Waals surface area contributed by atoms with Gasteiger partial charge in [-0.2, -0.15) is 0 Å². The number of ether oxygens (including phenoxy) is 1. The summed E-state index contributed by atoms with van der Waals surface area (Å²) in [4.78, 5) is 25.6. The maximum atomic E-state index is 17.0. The molecule has 5 nitrogen and oxygen atoms in total. The summed E-state index contributed by atoms with van der Waals surface area (Å²) in [6.45, 7) is 5.45. The Morgan fingerprint density at radius 2 is 1.97 bits per heavy atom. The monoisotopic (exact) mass is 446 g/mol. The first kappa shape index (κ1) is 21.4. The SMILES string of the molecule is CC1C[C@H]2[C@@H]3CC(F)C4=CC(O)=CC(=O)[C@]4(C)[C@@]3(F)CC[C@]2(C)C1OC(=O)c1ccco1. The molecule has 1 aromatic rings. The summed E-state index contributed by atoms with van der Waals surface area (Å²) in [6, 6.07) is 3.15. The predicted molar refractivity (Wildman–Crippen MR) is 111 cm³/mol. The highest BCUT2D eigenvalue weighted by atomic mass is 19.1. The lowest BCUT2D eigenvalue weighted by atomic mass is 9.45. The fourth-order valence-corrected chi connectivity index (χ4v) is 7.32. The second-order valence-corrected chi connectivity index (χ2v) is 10.5. The Kier molecular flexibility index (Phi) is 4.54. The van der Waals surface area contributed by atoms with Gasteiger partial charge in [-0.05, 0) is 68.2 Å². The molecule has 0 amide bonds. The quantitative estimate of drug-likeness (QED) is 0.625. The summed E-state index contributed by atoms with van der Waals surface area (Å²) >= 11 is 0. The van der Waals surface area contributed by atoms with Gasteiger partial charge in [-0.15, -0.1) is 0 Å². The fraction of sp³-hybridized carbons (Fsp3) is 0.600. The summed E-state index contributed by atoms with van der Waals surface area (Å²) in [5.41, 5.74) is -4.07. The molecule has 3 saturated carbocycles. The van der Waals surface area contributed by atoms with E-state index in [1.165, 1.54) is 25.3 Å². The van der Waals surface area contributed by atoms with Crippen molar-refractivity contribution in [3.8, 4) is 0 Å². The van der Waals surface area contributed by atoms with Crippen molar-refractivity contribution in [1.82, 2.24) is 0 Å². The topological polar surface area (TPSA) is 76.7 Å². The molecule has 7 heteroatoms. The molecule has 4 aliphatic rings. The lowest BCUT2D eigenvalue weighted by Crippen LogP contribution is -2.65. The number of halogens is 2. The number of furan rings is 1. The number of rotatable bonds is 2. The van der Waals surface area contributed by atoms with Gasteiger partial charge >= 0.3 is 5.97 Å². The number of aliphatic hydroxyl groups is 1. The fourth-order valence-electron chi connectivity index (χ4n) is 7.32. The van der Waals surface area contributed by atoms with Crippen LogP contribution in [0.3, 0.4) is 0 Å². The van der Waals surface area contributed by atoms with Crippen LogP contribution in [0.25, 0.3) is 0 Å². The zero-order chi connectivity index (χ0) is 23.1. The average Bonchev–Trinajstić information content (AvgIpc) is 3.35. The third-order valence-corrected chi connectivity index (χ3v) is 8.98. The number of carbonyl (C=O) groups is 2. The number of ketones is 1. The lowest BCUT2D eigenvalue weighted by Gasteiger charge is -2.60. The molecule has 1 aromatic heterocycles. The Balaban J connectivity index is 1.50. The number of hydrogen-bond acceptors (Lipinski definition) is 5. The van der Waals surface area contributed by atoms with E-state index in [1.54, 1.807) is 6.07 Å². The smallest absolute Gasteiger partial charge is 0.374 e. The van der Waals surface area contributed by atoms with Crippen LogP contribution in [0.15, 0.2) is 46.3 Å². The minimum Gasteiger partial charge on any atom is -0.508 e. The van der Waals surface area contributed by atoms with Crippen LogP contribution in [0.1, 0.15) is 57.0 Å². The van der Waals surface area contributed by atoms with Crippen LogP contribution in [0, 0.1) is 28.6 Å². The Morgan fingerprint density at radius 1 is 1.22 bits per heavy atom. The van der Waals surface area contributed by atoms with Gasteiger partial charge in [-0.25, -0.2) is 13.6 Å². The lowest BCUT2D eigenvalue weighted by molar-refractivity contribution is -0.169. The van der Waals surface area contributed by atoms with Crippen molar-refractivity contribution in [2.24, 2.45) is 28.6 Å². The van der Waals surface area contributed by atoms with Crippen LogP contribution < -0.4 is 0 Å². The highest BCUT2D eigenvalue weighted by Gasteiger charge is 2.72. The van der Waals surface area contributed by atoms with Gasteiger partial charge < -0.3 is 14.3 Å². The third-order valence-electron chi connectivity index (χ3n) is 8.98. The van der Waals surface area contributed by atoms with Crippen molar-refractivity contribution in [3.63, 3.8) is 0 Å². The largest absolute Gasteiger partial charge is 0.508 e. The molecule has 0 bridgehead atoms. The standard InChI is InChI=1S/C25H28F2O5/c1-13-9-15-16-12-18(26)17-10-14(28)11-20(29)24(17,3)25(16,27)7-6-23(15,2)21(13)32-22(30)19-5-4-8-31-19/h4-5,8,10-11,13,15-16,18,21,28H,6-7,9,12H2,1-3H3/t13?,15-,16-,18?,21?,23-,24+,25+/m0/s1. The molecule has 172 valence electrons. The second-order valence-electron chi connectivity index (χ2n) is 10.5. The summed E-state index contributed by atoms with van der Waals surface area (Å²) in [5, 5.41) is 9.87. The van der Waals surface area contributed by atoms with E-state index in [0.717, 1.165) is 6.08 Å². The predicted octanol–water partition coefficient (Wildman–Crippen LogP) is 5.28. The van der Waals surface area contributed by atoms with Crippen LogP contribution in [-0.2, 0) is 9.53 Å². The van der Waals surface area contributed by atoms with Crippen molar-refractivity contribution in [1.29, 1.82) is 0 Å². The van der Waals surface area contributed by atoms with Gasteiger partial charge in [-0.3, -0.25) is 4.79 Å². The summed E-state index contributed by atoms with van der Waals surface area (Å²) in [6.07, 6.45) is 2.67. The number of allylic oxidation sites excluding steroid dienone is 3. The minimum atomic E-state index is -1.93. The first-order valence-corrected chi connectivity index (χ1v) is 11.3. The average molecular weight is 446 g/mol. The van der Waals surface area contributed by atoms with Gasteiger partial charge in [0, 0.05) is 17.4 Å². The maximum Gasteiger partial charge on any atom is 0.374 e. The van der Waals surface area contributed by atoms with Crippen molar-refractivity contribution in [2.75, 3.05) is 0 Å². The molecule has 3 fully saturated rings. The van der Waals surface area contributed by atoms with E-state index in [4.69, 9.17) is 9.15 Å². The molecule has 3 unspecified atom stereocenters. The Morgan fingerprint density at radius 3 is 2.66 bits per heavy atom. The first-order valence-electron chi connectivity index (χ1n) is 11.3. The van der Waals surface area contributed by atoms with E-state index in [1.807, 2.05) is 13.8 Å². The molecule has 0 aromatic carbocycles. The molecule has 0 spiro atoms. The zero-order valence-electron chi connectivity index (χ0n) is 18.4. The highest BCUT2D eigenvalue weighted by molar-refractivity contribution is 6.00. The third kappa shape index (κ3) is 2.59. The normalized spacial score (nSPS) is 45.3. The van der Waals surface area contributed by atoms with Crippen molar-refractivity contribution in [2.45, 2.75) is 64.4 Å². The Bertz CT molecular complexity index is 1030. The van der Waals surface area contributed by atoms with Gasteiger partial charge in [0.2, 0.25) is 5.76 Å². The van der Waals surface area contributed by atoms with Crippen molar-refractivity contribution < 1.29 is 32.6 Å². The van der Waals surface area contributed by atoms with E-state index < -0.39 is 46.4 Å². The van der Waals surface area contributed by atoms with Crippen LogP contribution in [-0.4, -0.2) is 34.8 Å². The molecule has 0 radical (unpaired) electrons. The van der Waals surface area contributed by atoms with E-state index in [9.17, 15) is 14.7 Å². The van der Waals surface area contributed by atoms with Gasteiger partial charge in [-0.1, -0.05) is 13.8 Å². The second kappa shape index (κ2) is 6.78. The molecule has 5 rings (SSSR count). The number of esters is 1. The van der Waals surface area contributed by atoms with E-state index >= 15 is 8.78 Å². The van der Waals surface area contributed by atoms with Crippen molar-refractivity contribution >= 4 is 11.8 Å². The van der Waals surface area contributed by atoms with Gasteiger partial charge in [0.15, 0.2) is 5.78 Å². The Hall–Kier alpha value is -2.44. The minimum absolute atomic E-state index is 0.0386. The van der Waals surface area contributed by atoms with Gasteiger partial charge in [0.05, 0.1) is 11.7 Å². The first-order chi connectivity index (χ1) is 15.0. The van der Waals surface area contributed by atoms with Crippen molar-refractivity contribution in [3.05, 3.63) is 47.6 Å². The molecule has 4 aliphatic carbocycles. The number of alkyl halides is 2. The number of hydrogen-bond donors (Lipinski definition) is 1. The number of fused-ring (bicyclic) bond motifs is 5. The molecule has 1 heterocycles. The molecular formula is C25H28F2O5. The van der Waals surface area contributed by atoms with Gasteiger partial charge in [0.25, 0.3) is 0 Å². The summed E-state index contributed by atoms with van der Waals surface area (Å²) in [5.74, 6) is -2.33. The maximum absolute atomic E-state index is 17.0. The molecule has 0 saturated heterocycles. The van der Waals surface area contributed by atoms with E-state index in [0.29, 0.717) is 12.8 Å². The molecular weight excluding hydrogens is 418 g/mol. The Labute approximate surface area is 185 Å². The van der Waals surface area contributed by atoms with E-state index in [-0.39, 0.29) is 41.8 Å². The summed E-state index contributed by atoms with van der Waals surface area (Å²) < 4.78 is 43.4. The van der Waals surface area contributed by atoms with E-state index in [2.05, 4.69) is 0 Å². The van der Waals surface area contributed by atoms with Crippen LogP contribution in [0.4, 0.5) is 8.78 Å². The van der Waals surface area contributed by atoms with Crippen LogP contribution in [0.2, 0.25) is 0 Å². The molecule has 1 N–H and O–H groups in total. The zero-order valence-corrected chi connectivity index (χ0v) is 18.4. The molecule has 8 atom stereocenters. The number of carbonyl (C=O) groups excluding carboxylic acids is 2. The van der Waals surface area contributed by atoms with Crippen LogP contribution >= 0.6 is 0 Å².